The zero-order valence-electron chi connectivity index (χ0n) is 12.5. The Morgan fingerprint density at radius 3 is 2.68 bits per heavy atom. The molecule has 4 heteroatoms. The minimum atomic E-state index is -0.402. The number of thiazole rings is 1. The number of hydrogen-bond donors (Lipinski definition) is 1. The van der Waals surface area contributed by atoms with Crippen LogP contribution in [-0.4, -0.2) is 23.2 Å². The molecule has 1 aromatic rings. The monoisotopic (exact) mass is 282 g/mol. The topological polar surface area (TPSA) is 36.4 Å². The van der Waals surface area contributed by atoms with Gasteiger partial charge in [0.15, 0.2) is 5.13 Å². The van der Waals surface area contributed by atoms with Crippen molar-refractivity contribution in [1.82, 2.24) is 4.98 Å². The van der Waals surface area contributed by atoms with E-state index in [-0.39, 0.29) is 0 Å². The second-order valence-electron chi connectivity index (χ2n) is 6.70. The van der Waals surface area contributed by atoms with Crippen molar-refractivity contribution in [2.75, 3.05) is 18.0 Å². The first-order valence-electron chi connectivity index (χ1n) is 7.26. The van der Waals surface area contributed by atoms with Crippen LogP contribution in [0, 0.1) is 11.3 Å². The first-order valence-corrected chi connectivity index (χ1v) is 8.08. The van der Waals surface area contributed by atoms with Crippen molar-refractivity contribution in [1.29, 1.82) is 0 Å². The van der Waals surface area contributed by atoms with Crippen molar-refractivity contribution in [3.8, 4) is 0 Å². The Balaban J connectivity index is 2.02. The van der Waals surface area contributed by atoms with E-state index < -0.39 is 6.10 Å². The lowest BCUT2D eigenvalue weighted by atomic mass is 9.77. The molecule has 0 amide bonds. The Morgan fingerprint density at radius 2 is 2.11 bits per heavy atom. The molecule has 1 aromatic heterocycles. The Morgan fingerprint density at radius 1 is 1.37 bits per heavy atom. The van der Waals surface area contributed by atoms with E-state index in [0.717, 1.165) is 29.0 Å². The average molecular weight is 282 g/mol. The van der Waals surface area contributed by atoms with E-state index in [1.54, 1.807) is 18.3 Å². The summed E-state index contributed by atoms with van der Waals surface area (Å²) in [6.07, 6.45) is 5.21. The largest absolute Gasteiger partial charge is 0.388 e. The summed E-state index contributed by atoms with van der Waals surface area (Å²) in [6, 6.07) is 0. The number of hydrogen-bond acceptors (Lipinski definition) is 4. The van der Waals surface area contributed by atoms with E-state index in [4.69, 9.17) is 0 Å². The summed E-state index contributed by atoms with van der Waals surface area (Å²) in [5.74, 6) is 0.800. The Hall–Kier alpha value is -0.610. The van der Waals surface area contributed by atoms with E-state index in [0.29, 0.717) is 5.41 Å². The molecule has 1 N–H and O–H groups in total. The summed E-state index contributed by atoms with van der Waals surface area (Å²) < 4.78 is 0. The van der Waals surface area contributed by atoms with Crippen LogP contribution < -0.4 is 4.90 Å². The summed E-state index contributed by atoms with van der Waals surface area (Å²) in [6.45, 7) is 11.0. The summed E-state index contributed by atoms with van der Waals surface area (Å²) in [4.78, 5) is 7.83. The molecule has 2 unspecified atom stereocenters. The molecule has 1 saturated heterocycles. The molecule has 1 aliphatic heterocycles. The van der Waals surface area contributed by atoms with Crippen LogP contribution in [0.5, 0.6) is 0 Å². The van der Waals surface area contributed by atoms with Crippen LogP contribution in [0.1, 0.15) is 57.9 Å². The summed E-state index contributed by atoms with van der Waals surface area (Å²) in [5.41, 5.74) is 0.406. The van der Waals surface area contributed by atoms with Crippen molar-refractivity contribution in [3.63, 3.8) is 0 Å². The van der Waals surface area contributed by atoms with Gasteiger partial charge in [0, 0.05) is 19.3 Å². The molecule has 0 aliphatic carbocycles. The van der Waals surface area contributed by atoms with Gasteiger partial charge in [-0.25, -0.2) is 4.98 Å². The van der Waals surface area contributed by atoms with E-state index in [1.165, 1.54) is 19.3 Å². The molecule has 2 atom stereocenters. The number of aliphatic hydroxyl groups excluding tert-OH is 1. The van der Waals surface area contributed by atoms with Crippen LogP contribution in [0.2, 0.25) is 0 Å². The molecule has 0 saturated carbocycles. The third-order valence-electron chi connectivity index (χ3n) is 4.15. The lowest BCUT2D eigenvalue weighted by Crippen LogP contribution is -2.25. The normalized spacial score (nSPS) is 23.2. The SMILES string of the molecule is CC(O)c1cnc(N2CCCC(C(C)(C)C)CC2)s1. The number of rotatable bonds is 2. The Kier molecular flexibility index (Phi) is 4.51. The maximum Gasteiger partial charge on any atom is 0.185 e. The molecular formula is C15H26N2OS. The first kappa shape index (κ1) is 14.8. The Bertz CT molecular complexity index is 409. The Labute approximate surface area is 120 Å². The highest BCUT2D eigenvalue weighted by Gasteiger charge is 2.27. The highest BCUT2D eigenvalue weighted by Crippen LogP contribution is 2.36. The second kappa shape index (κ2) is 5.80. The van der Waals surface area contributed by atoms with Crippen molar-refractivity contribution in [2.24, 2.45) is 11.3 Å². The summed E-state index contributed by atoms with van der Waals surface area (Å²) in [7, 11) is 0. The molecule has 1 aliphatic rings. The van der Waals surface area contributed by atoms with E-state index in [2.05, 4.69) is 30.7 Å². The van der Waals surface area contributed by atoms with Crippen LogP contribution >= 0.6 is 11.3 Å². The van der Waals surface area contributed by atoms with Crippen LogP contribution in [-0.2, 0) is 0 Å². The molecule has 0 bridgehead atoms. The molecule has 0 aromatic carbocycles. The van der Waals surface area contributed by atoms with Crippen molar-refractivity contribution in [2.45, 2.75) is 53.1 Å². The van der Waals surface area contributed by atoms with Gasteiger partial charge >= 0.3 is 0 Å². The number of anilines is 1. The number of aliphatic hydroxyl groups is 1. The average Bonchev–Trinajstić information content (AvgIpc) is 2.66. The fourth-order valence-electron chi connectivity index (χ4n) is 2.77. The second-order valence-corrected chi connectivity index (χ2v) is 7.74. The molecular weight excluding hydrogens is 256 g/mol. The zero-order valence-corrected chi connectivity index (χ0v) is 13.3. The molecule has 0 radical (unpaired) electrons. The number of nitrogens with zero attached hydrogens (tertiary/aromatic N) is 2. The van der Waals surface area contributed by atoms with E-state index in [1.807, 2.05) is 6.20 Å². The van der Waals surface area contributed by atoms with Crippen molar-refractivity contribution in [3.05, 3.63) is 11.1 Å². The smallest absolute Gasteiger partial charge is 0.185 e. The fourth-order valence-corrected chi connectivity index (χ4v) is 3.67. The van der Waals surface area contributed by atoms with Gasteiger partial charge in [-0.1, -0.05) is 32.1 Å². The third kappa shape index (κ3) is 3.69. The van der Waals surface area contributed by atoms with Gasteiger partial charge in [-0.2, -0.15) is 0 Å². The van der Waals surface area contributed by atoms with Gasteiger partial charge in [-0.3, -0.25) is 0 Å². The van der Waals surface area contributed by atoms with E-state index in [9.17, 15) is 5.11 Å². The van der Waals surface area contributed by atoms with Gasteiger partial charge in [-0.15, -0.1) is 0 Å². The predicted molar refractivity (Wildman–Crippen MR) is 81.8 cm³/mol. The zero-order chi connectivity index (χ0) is 14.0. The highest BCUT2D eigenvalue weighted by molar-refractivity contribution is 7.15. The number of aromatic nitrogens is 1. The maximum atomic E-state index is 9.59. The first-order chi connectivity index (χ1) is 8.88. The lowest BCUT2D eigenvalue weighted by molar-refractivity contribution is 0.203. The molecule has 108 valence electrons. The summed E-state index contributed by atoms with van der Waals surface area (Å²) >= 11 is 1.63. The van der Waals surface area contributed by atoms with Crippen molar-refractivity contribution >= 4 is 16.5 Å². The van der Waals surface area contributed by atoms with Crippen LogP contribution in [0.4, 0.5) is 5.13 Å². The van der Waals surface area contributed by atoms with Crippen molar-refractivity contribution < 1.29 is 5.11 Å². The molecule has 0 spiro atoms. The quantitative estimate of drug-likeness (QED) is 0.895. The van der Waals surface area contributed by atoms with Crippen LogP contribution in [0.25, 0.3) is 0 Å². The lowest BCUT2D eigenvalue weighted by Gasteiger charge is -2.29. The van der Waals surface area contributed by atoms with Crippen LogP contribution in [0.15, 0.2) is 6.20 Å². The molecule has 2 heterocycles. The van der Waals surface area contributed by atoms with Gasteiger partial charge in [0.2, 0.25) is 0 Å². The van der Waals surface area contributed by atoms with Gasteiger partial charge < -0.3 is 10.0 Å². The van der Waals surface area contributed by atoms with Gasteiger partial charge in [0.25, 0.3) is 0 Å². The predicted octanol–water partition coefficient (Wildman–Crippen LogP) is 3.85. The minimum Gasteiger partial charge on any atom is -0.388 e. The molecule has 1 fully saturated rings. The van der Waals surface area contributed by atoms with Gasteiger partial charge in [-0.05, 0) is 37.5 Å². The third-order valence-corrected chi connectivity index (χ3v) is 5.37. The van der Waals surface area contributed by atoms with Gasteiger partial charge in [0.1, 0.15) is 0 Å². The van der Waals surface area contributed by atoms with Crippen LogP contribution in [0.3, 0.4) is 0 Å². The molecule has 2 rings (SSSR count). The maximum absolute atomic E-state index is 9.59. The van der Waals surface area contributed by atoms with E-state index >= 15 is 0 Å². The highest BCUT2D eigenvalue weighted by atomic mass is 32.1. The molecule has 19 heavy (non-hydrogen) atoms. The summed E-state index contributed by atoms with van der Waals surface area (Å²) in [5, 5.41) is 10.7. The minimum absolute atomic E-state index is 0.402. The molecule has 3 nitrogen and oxygen atoms in total. The standard InChI is InChI=1S/C15H26N2OS/c1-11(18)13-10-16-14(19-13)17-8-5-6-12(7-9-17)15(2,3)4/h10-12,18H,5-9H2,1-4H3. The van der Waals surface area contributed by atoms with Gasteiger partial charge in [0.05, 0.1) is 11.0 Å². The fraction of sp³-hybridized carbons (Fsp3) is 0.800.